The molecule has 2 amide bonds. The van der Waals surface area contributed by atoms with Gasteiger partial charge < -0.3 is 16.0 Å². The van der Waals surface area contributed by atoms with Crippen LogP contribution in [0, 0.1) is 11.8 Å². The number of hydrogen-bond donors (Lipinski definition) is 3. The summed E-state index contributed by atoms with van der Waals surface area (Å²) in [6.07, 6.45) is 2.15. The van der Waals surface area contributed by atoms with Gasteiger partial charge >= 0.3 is 0 Å². The quantitative estimate of drug-likeness (QED) is 0.766. The topological polar surface area (TPSA) is 70.2 Å². The van der Waals surface area contributed by atoms with Gasteiger partial charge in [0, 0.05) is 23.2 Å². The van der Waals surface area contributed by atoms with Crippen LogP contribution >= 0.6 is 0 Å². The van der Waals surface area contributed by atoms with E-state index in [4.69, 9.17) is 0 Å². The summed E-state index contributed by atoms with van der Waals surface area (Å²) in [7, 11) is 0. The van der Waals surface area contributed by atoms with Gasteiger partial charge in [-0.2, -0.15) is 0 Å². The molecule has 112 valence electrons. The Morgan fingerprint density at radius 1 is 1.19 bits per heavy atom. The summed E-state index contributed by atoms with van der Waals surface area (Å²) in [5, 5.41) is 9.03. The zero-order valence-electron chi connectivity index (χ0n) is 12.2. The van der Waals surface area contributed by atoms with Crippen LogP contribution in [0.5, 0.6) is 0 Å². The van der Waals surface area contributed by atoms with Crippen molar-refractivity contribution in [3.8, 4) is 0 Å². The van der Waals surface area contributed by atoms with Gasteiger partial charge in [-0.1, -0.05) is 6.92 Å². The highest BCUT2D eigenvalue weighted by Crippen LogP contribution is 2.20. The highest BCUT2D eigenvalue weighted by molar-refractivity contribution is 5.96. The Labute approximate surface area is 124 Å². The maximum atomic E-state index is 12.1. The lowest BCUT2D eigenvalue weighted by Crippen LogP contribution is -2.48. The Bertz CT molecular complexity index is 533. The van der Waals surface area contributed by atoms with Crippen molar-refractivity contribution in [2.75, 3.05) is 18.4 Å². The van der Waals surface area contributed by atoms with Crippen LogP contribution < -0.4 is 16.0 Å². The van der Waals surface area contributed by atoms with E-state index in [9.17, 15) is 9.59 Å². The molecule has 0 bridgehead atoms. The summed E-state index contributed by atoms with van der Waals surface area (Å²) in [6.45, 7) is 3.78. The molecule has 0 radical (unpaired) electrons. The largest absolute Gasteiger partial charge is 0.349 e. The van der Waals surface area contributed by atoms with Crippen molar-refractivity contribution in [1.29, 1.82) is 0 Å². The number of carbonyl (C=O) groups is 2. The minimum atomic E-state index is -0.0377. The Hall–Kier alpha value is -1.88. The van der Waals surface area contributed by atoms with Crippen LogP contribution in [0.25, 0.3) is 0 Å². The van der Waals surface area contributed by atoms with Crippen LogP contribution in [-0.2, 0) is 4.79 Å². The SMILES string of the molecule is CC(C(=O)Nc1ccc(C(=O)NC2CC2)cc1)C1CNC1. The Morgan fingerprint density at radius 3 is 2.38 bits per heavy atom. The van der Waals surface area contributed by atoms with Gasteiger partial charge in [-0.3, -0.25) is 9.59 Å². The third-order valence-electron chi connectivity index (χ3n) is 4.26. The number of benzene rings is 1. The number of anilines is 1. The molecule has 5 nitrogen and oxygen atoms in total. The maximum absolute atomic E-state index is 12.1. The van der Waals surface area contributed by atoms with Gasteiger partial charge in [-0.05, 0) is 56.1 Å². The predicted octanol–water partition coefficient (Wildman–Crippen LogP) is 1.37. The van der Waals surface area contributed by atoms with Crippen LogP contribution in [0.2, 0.25) is 0 Å². The first-order chi connectivity index (χ1) is 10.1. The van der Waals surface area contributed by atoms with E-state index in [2.05, 4.69) is 16.0 Å². The molecular weight excluding hydrogens is 266 g/mol. The van der Waals surface area contributed by atoms with Crippen LogP contribution in [0.1, 0.15) is 30.1 Å². The molecule has 2 fully saturated rings. The minimum Gasteiger partial charge on any atom is -0.349 e. The molecule has 1 atom stereocenters. The van der Waals surface area contributed by atoms with Crippen molar-refractivity contribution in [3.05, 3.63) is 29.8 Å². The third-order valence-corrected chi connectivity index (χ3v) is 4.26. The fourth-order valence-corrected chi connectivity index (χ4v) is 2.34. The lowest BCUT2D eigenvalue weighted by Gasteiger charge is -2.31. The van der Waals surface area contributed by atoms with Crippen molar-refractivity contribution >= 4 is 17.5 Å². The van der Waals surface area contributed by atoms with E-state index in [1.165, 1.54) is 0 Å². The van der Waals surface area contributed by atoms with Crippen molar-refractivity contribution < 1.29 is 9.59 Å². The standard InChI is InChI=1S/C16H21N3O2/c1-10(12-8-17-9-12)15(20)18-13-4-2-11(3-5-13)16(21)19-14-6-7-14/h2-5,10,12,14,17H,6-9H2,1H3,(H,18,20)(H,19,21). The summed E-state index contributed by atoms with van der Waals surface area (Å²) < 4.78 is 0. The maximum Gasteiger partial charge on any atom is 0.251 e. The smallest absolute Gasteiger partial charge is 0.251 e. The highest BCUT2D eigenvalue weighted by atomic mass is 16.2. The number of nitrogens with one attached hydrogen (secondary N) is 3. The van der Waals surface area contributed by atoms with Gasteiger partial charge in [-0.25, -0.2) is 0 Å². The lowest BCUT2D eigenvalue weighted by molar-refractivity contribution is -0.121. The third kappa shape index (κ3) is 3.42. The molecular formula is C16H21N3O2. The first kappa shape index (κ1) is 14.1. The first-order valence-corrected chi connectivity index (χ1v) is 7.56. The molecule has 21 heavy (non-hydrogen) atoms. The summed E-state index contributed by atoms with van der Waals surface area (Å²) >= 11 is 0. The summed E-state index contributed by atoms with van der Waals surface area (Å²) in [4.78, 5) is 24.0. The average molecular weight is 287 g/mol. The fourth-order valence-electron chi connectivity index (χ4n) is 2.34. The normalized spacial score (nSPS) is 19.5. The molecule has 1 aliphatic carbocycles. The molecule has 0 aromatic heterocycles. The number of amides is 2. The second kappa shape index (κ2) is 5.85. The van der Waals surface area contributed by atoms with Crippen LogP contribution in [0.4, 0.5) is 5.69 Å². The second-order valence-corrected chi connectivity index (χ2v) is 6.02. The average Bonchev–Trinajstić information content (AvgIpc) is 3.21. The van der Waals surface area contributed by atoms with Gasteiger partial charge in [0.2, 0.25) is 5.91 Å². The van der Waals surface area contributed by atoms with Gasteiger partial charge in [0.05, 0.1) is 0 Å². The molecule has 3 rings (SSSR count). The molecule has 0 spiro atoms. The molecule has 1 aromatic rings. The minimum absolute atomic E-state index is 0.00379. The van der Waals surface area contributed by atoms with Crippen molar-refractivity contribution in [2.24, 2.45) is 11.8 Å². The first-order valence-electron chi connectivity index (χ1n) is 7.56. The van der Waals surface area contributed by atoms with E-state index in [0.717, 1.165) is 31.6 Å². The zero-order chi connectivity index (χ0) is 14.8. The summed E-state index contributed by atoms with van der Waals surface area (Å²) in [5.74, 6) is 0.429. The lowest BCUT2D eigenvalue weighted by atomic mass is 9.88. The Balaban J connectivity index is 1.55. The van der Waals surface area contributed by atoms with Crippen LogP contribution in [-0.4, -0.2) is 30.9 Å². The van der Waals surface area contributed by atoms with Crippen molar-refractivity contribution in [1.82, 2.24) is 10.6 Å². The van der Waals surface area contributed by atoms with Gasteiger partial charge in [-0.15, -0.1) is 0 Å². The van der Waals surface area contributed by atoms with Gasteiger partial charge in [0.1, 0.15) is 0 Å². The van der Waals surface area contributed by atoms with E-state index in [0.29, 0.717) is 17.5 Å². The van der Waals surface area contributed by atoms with Crippen molar-refractivity contribution in [2.45, 2.75) is 25.8 Å². The monoisotopic (exact) mass is 287 g/mol. The summed E-state index contributed by atoms with van der Waals surface area (Å²) in [5.41, 5.74) is 1.37. The predicted molar refractivity (Wildman–Crippen MR) is 81.1 cm³/mol. The second-order valence-electron chi connectivity index (χ2n) is 6.02. The molecule has 3 N–H and O–H groups in total. The molecule has 1 aliphatic heterocycles. The number of carbonyl (C=O) groups excluding carboxylic acids is 2. The van der Waals surface area contributed by atoms with Gasteiger partial charge in [0.25, 0.3) is 5.91 Å². The summed E-state index contributed by atoms with van der Waals surface area (Å²) in [6, 6.07) is 7.43. The van der Waals surface area contributed by atoms with E-state index >= 15 is 0 Å². The van der Waals surface area contributed by atoms with E-state index < -0.39 is 0 Å². The van der Waals surface area contributed by atoms with Crippen LogP contribution in [0.15, 0.2) is 24.3 Å². The number of hydrogen-bond acceptors (Lipinski definition) is 3. The molecule has 1 saturated heterocycles. The van der Waals surface area contributed by atoms with E-state index in [1.54, 1.807) is 24.3 Å². The Kier molecular flexibility index (Phi) is 3.92. The van der Waals surface area contributed by atoms with E-state index in [-0.39, 0.29) is 17.7 Å². The van der Waals surface area contributed by atoms with Crippen LogP contribution in [0.3, 0.4) is 0 Å². The Morgan fingerprint density at radius 2 is 1.86 bits per heavy atom. The molecule has 5 heteroatoms. The van der Waals surface area contributed by atoms with Crippen molar-refractivity contribution in [3.63, 3.8) is 0 Å². The molecule has 1 saturated carbocycles. The number of rotatable bonds is 5. The fraction of sp³-hybridized carbons (Fsp3) is 0.500. The molecule has 2 aliphatic rings. The molecule has 1 aromatic carbocycles. The zero-order valence-corrected chi connectivity index (χ0v) is 12.2. The highest BCUT2D eigenvalue weighted by Gasteiger charge is 2.28. The molecule has 1 heterocycles. The van der Waals surface area contributed by atoms with E-state index in [1.807, 2.05) is 6.92 Å². The molecule has 1 unspecified atom stereocenters. The van der Waals surface area contributed by atoms with Gasteiger partial charge in [0.15, 0.2) is 0 Å².